The number of aliphatic hydroxyl groups is 1. The number of H-pyrrole nitrogens is 1. The van der Waals surface area contributed by atoms with Crippen LogP contribution in [-0.4, -0.2) is 47.0 Å². The number of para-hydroxylation sites is 1. The molecular weight excluding hydrogens is 252 g/mol. The first kappa shape index (κ1) is 13.3. The molecular formula is C16H20N2O2. The van der Waals surface area contributed by atoms with Gasteiger partial charge < -0.3 is 10.1 Å². The van der Waals surface area contributed by atoms with Gasteiger partial charge in [-0.3, -0.25) is 9.69 Å². The molecule has 1 aliphatic heterocycles. The second-order valence-electron chi connectivity index (χ2n) is 5.67. The van der Waals surface area contributed by atoms with Crippen LogP contribution in [0.15, 0.2) is 24.3 Å². The van der Waals surface area contributed by atoms with E-state index in [0.717, 1.165) is 41.7 Å². The van der Waals surface area contributed by atoms with E-state index in [1.54, 1.807) is 0 Å². The molecule has 1 fully saturated rings. The number of Topliss-reactive ketones (excluding diaryl/α,β-unsaturated/α-hetero) is 1. The van der Waals surface area contributed by atoms with Gasteiger partial charge in [-0.1, -0.05) is 18.2 Å². The van der Waals surface area contributed by atoms with Crippen molar-refractivity contribution in [1.82, 2.24) is 9.88 Å². The van der Waals surface area contributed by atoms with Gasteiger partial charge in [-0.25, -0.2) is 0 Å². The van der Waals surface area contributed by atoms with Gasteiger partial charge in [0.1, 0.15) is 0 Å². The summed E-state index contributed by atoms with van der Waals surface area (Å²) in [5.74, 6) is 0.491. The number of aliphatic hydroxyl groups excluding tert-OH is 1. The van der Waals surface area contributed by atoms with E-state index in [9.17, 15) is 9.90 Å². The molecule has 0 bridgehead atoms. The van der Waals surface area contributed by atoms with E-state index in [0.29, 0.717) is 12.5 Å². The zero-order valence-corrected chi connectivity index (χ0v) is 11.7. The maximum atomic E-state index is 12.6. The third kappa shape index (κ3) is 2.37. The highest BCUT2D eigenvalue weighted by molar-refractivity contribution is 6.10. The smallest absolute Gasteiger partial charge is 0.179 e. The molecule has 0 aliphatic carbocycles. The monoisotopic (exact) mass is 272 g/mol. The van der Waals surface area contributed by atoms with E-state index in [1.165, 1.54) is 0 Å². The minimum atomic E-state index is 0.165. The van der Waals surface area contributed by atoms with E-state index < -0.39 is 0 Å². The van der Waals surface area contributed by atoms with Gasteiger partial charge in [-0.2, -0.15) is 0 Å². The van der Waals surface area contributed by atoms with Crippen LogP contribution in [0.3, 0.4) is 0 Å². The fraction of sp³-hybridized carbons (Fsp3) is 0.438. The van der Waals surface area contributed by atoms with Gasteiger partial charge in [0.05, 0.1) is 6.54 Å². The Bertz CT molecular complexity index is 632. The molecule has 4 nitrogen and oxygen atoms in total. The summed E-state index contributed by atoms with van der Waals surface area (Å²) in [6.45, 7) is 4.34. The van der Waals surface area contributed by atoms with E-state index in [1.807, 2.05) is 31.2 Å². The van der Waals surface area contributed by atoms with Gasteiger partial charge in [-0.05, 0) is 31.9 Å². The number of nitrogens with zero attached hydrogens (tertiary/aromatic N) is 1. The number of nitrogens with one attached hydrogen (secondary N) is 1. The average molecular weight is 272 g/mol. The van der Waals surface area contributed by atoms with Crippen molar-refractivity contribution in [3.63, 3.8) is 0 Å². The maximum Gasteiger partial charge on any atom is 0.179 e. The fourth-order valence-electron chi connectivity index (χ4n) is 3.12. The second-order valence-corrected chi connectivity index (χ2v) is 5.67. The molecule has 20 heavy (non-hydrogen) atoms. The van der Waals surface area contributed by atoms with Crippen LogP contribution >= 0.6 is 0 Å². The zero-order chi connectivity index (χ0) is 14.1. The van der Waals surface area contributed by atoms with Crippen LogP contribution in [0.2, 0.25) is 0 Å². The number of carbonyl (C=O) groups is 1. The first-order valence-electron chi connectivity index (χ1n) is 7.12. The number of carbonyl (C=O) groups excluding carboxylic acids is 1. The molecule has 0 spiro atoms. The van der Waals surface area contributed by atoms with Crippen molar-refractivity contribution in [1.29, 1.82) is 0 Å². The minimum absolute atomic E-state index is 0.165. The normalized spacial score (nSPS) is 19.8. The summed E-state index contributed by atoms with van der Waals surface area (Å²) < 4.78 is 0. The first-order chi connectivity index (χ1) is 9.69. The van der Waals surface area contributed by atoms with Crippen LogP contribution in [0.4, 0.5) is 0 Å². The summed E-state index contributed by atoms with van der Waals surface area (Å²) in [6.07, 6.45) is 0.983. The Labute approximate surface area is 118 Å². The number of hydrogen-bond donors (Lipinski definition) is 2. The predicted molar refractivity (Wildman–Crippen MR) is 79.0 cm³/mol. The van der Waals surface area contributed by atoms with Crippen LogP contribution in [0.5, 0.6) is 0 Å². The molecule has 1 saturated heterocycles. The zero-order valence-electron chi connectivity index (χ0n) is 11.7. The molecule has 0 saturated carbocycles. The largest absolute Gasteiger partial charge is 0.396 e. The summed E-state index contributed by atoms with van der Waals surface area (Å²) in [5, 5.41) is 10.2. The highest BCUT2D eigenvalue weighted by Crippen LogP contribution is 2.23. The SMILES string of the molecule is Cc1[nH]c2ccccc2c1C(=O)CN1CCC(CO)C1. The highest BCUT2D eigenvalue weighted by atomic mass is 16.3. The second kappa shape index (κ2) is 5.38. The molecule has 1 aliphatic rings. The minimum Gasteiger partial charge on any atom is -0.396 e. The molecule has 0 amide bonds. The molecule has 0 radical (unpaired) electrons. The number of aromatic nitrogens is 1. The molecule has 106 valence electrons. The van der Waals surface area contributed by atoms with Gasteiger partial charge >= 0.3 is 0 Å². The molecule has 4 heteroatoms. The van der Waals surface area contributed by atoms with Crippen LogP contribution < -0.4 is 0 Å². The summed E-state index contributed by atoms with van der Waals surface area (Å²) >= 11 is 0. The topological polar surface area (TPSA) is 56.3 Å². The Kier molecular flexibility index (Phi) is 3.59. The fourth-order valence-corrected chi connectivity index (χ4v) is 3.12. The van der Waals surface area contributed by atoms with Crippen molar-refractivity contribution < 1.29 is 9.90 Å². The van der Waals surface area contributed by atoms with Gasteiger partial charge in [0.15, 0.2) is 5.78 Å². The molecule has 2 heterocycles. The van der Waals surface area contributed by atoms with E-state index >= 15 is 0 Å². The van der Waals surface area contributed by atoms with Crippen LogP contribution in [-0.2, 0) is 0 Å². The Morgan fingerprint density at radius 2 is 2.25 bits per heavy atom. The Hall–Kier alpha value is -1.65. The van der Waals surface area contributed by atoms with Crippen molar-refractivity contribution in [3.05, 3.63) is 35.5 Å². The summed E-state index contributed by atoms with van der Waals surface area (Å²) in [6, 6.07) is 7.92. The lowest BCUT2D eigenvalue weighted by molar-refractivity contribution is 0.0941. The van der Waals surface area contributed by atoms with Gasteiger partial charge in [0.25, 0.3) is 0 Å². The molecule has 2 aromatic rings. The van der Waals surface area contributed by atoms with Gasteiger partial charge in [0.2, 0.25) is 0 Å². The standard InChI is InChI=1S/C16H20N2O2/c1-11-16(13-4-2-3-5-14(13)17-11)15(20)9-18-7-6-12(8-18)10-19/h2-5,12,17,19H,6-10H2,1H3. The predicted octanol–water partition coefficient (Wildman–Crippen LogP) is 1.97. The lowest BCUT2D eigenvalue weighted by atomic mass is 10.1. The van der Waals surface area contributed by atoms with Crippen LogP contribution in [0.25, 0.3) is 10.9 Å². The maximum absolute atomic E-state index is 12.6. The number of fused-ring (bicyclic) bond motifs is 1. The van der Waals surface area contributed by atoms with E-state index in [4.69, 9.17) is 0 Å². The van der Waals surface area contributed by atoms with Gasteiger partial charge in [0, 0.05) is 35.3 Å². The highest BCUT2D eigenvalue weighted by Gasteiger charge is 2.25. The molecule has 1 atom stereocenters. The number of hydrogen-bond acceptors (Lipinski definition) is 3. The Morgan fingerprint density at radius 3 is 3.00 bits per heavy atom. The number of ketones is 1. The lowest BCUT2D eigenvalue weighted by Crippen LogP contribution is -2.28. The summed E-state index contributed by atoms with van der Waals surface area (Å²) in [4.78, 5) is 18.0. The van der Waals surface area contributed by atoms with Crippen molar-refractivity contribution >= 4 is 16.7 Å². The number of benzene rings is 1. The van der Waals surface area contributed by atoms with Crippen LogP contribution in [0.1, 0.15) is 22.5 Å². The third-order valence-electron chi connectivity index (χ3n) is 4.17. The average Bonchev–Trinajstić information content (AvgIpc) is 3.01. The lowest BCUT2D eigenvalue weighted by Gasteiger charge is -2.14. The molecule has 1 aromatic heterocycles. The molecule has 1 aromatic carbocycles. The summed E-state index contributed by atoms with van der Waals surface area (Å²) in [5.41, 5.74) is 2.77. The number of aromatic amines is 1. The van der Waals surface area contributed by atoms with Crippen molar-refractivity contribution in [2.75, 3.05) is 26.2 Å². The molecule has 1 unspecified atom stereocenters. The quantitative estimate of drug-likeness (QED) is 0.837. The van der Waals surface area contributed by atoms with Crippen LogP contribution in [0, 0.1) is 12.8 Å². The van der Waals surface area contributed by atoms with Gasteiger partial charge in [-0.15, -0.1) is 0 Å². The Morgan fingerprint density at radius 1 is 1.45 bits per heavy atom. The Balaban J connectivity index is 1.81. The summed E-state index contributed by atoms with van der Waals surface area (Å²) in [7, 11) is 0. The number of aryl methyl sites for hydroxylation is 1. The van der Waals surface area contributed by atoms with E-state index in [-0.39, 0.29) is 12.4 Å². The van der Waals surface area contributed by atoms with Crippen molar-refractivity contribution in [2.45, 2.75) is 13.3 Å². The number of rotatable bonds is 4. The molecule has 3 rings (SSSR count). The van der Waals surface area contributed by atoms with E-state index in [2.05, 4.69) is 9.88 Å². The third-order valence-corrected chi connectivity index (χ3v) is 4.17. The number of likely N-dealkylation sites (tertiary alicyclic amines) is 1. The molecule has 2 N–H and O–H groups in total. The van der Waals surface area contributed by atoms with Crippen molar-refractivity contribution in [2.24, 2.45) is 5.92 Å². The van der Waals surface area contributed by atoms with Crippen molar-refractivity contribution in [3.8, 4) is 0 Å². The first-order valence-corrected chi connectivity index (χ1v) is 7.12.